The van der Waals surface area contributed by atoms with Crippen molar-refractivity contribution in [3.05, 3.63) is 30.1 Å². The Bertz CT molecular complexity index is 652. The fourth-order valence-electron chi connectivity index (χ4n) is 2.70. The average molecular weight is 362 g/mol. The van der Waals surface area contributed by atoms with Gasteiger partial charge in [0, 0.05) is 6.20 Å². The van der Waals surface area contributed by atoms with Gasteiger partial charge in [-0.05, 0) is 58.1 Å². The molecular formula is C19H26N2O5. The number of aromatic nitrogens is 1. The number of hydrogen-bond acceptors (Lipinski definition) is 7. The van der Waals surface area contributed by atoms with E-state index in [0.29, 0.717) is 0 Å². The van der Waals surface area contributed by atoms with Crippen LogP contribution in [0.3, 0.4) is 0 Å². The van der Waals surface area contributed by atoms with Crippen LogP contribution in [0.25, 0.3) is 0 Å². The quantitative estimate of drug-likeness (QED) is 0.350. The number of nitrogens with zero attached hydrogens (tertiary/aromatic N) is 2. The number of ether oxygens (including phenoxy) is 2. The first kappa shape index (κ1) is 19.9. The smallest absolute Gasteiger partial charge is 0.455 e. The van der Waals surface area contributed by atoms with Crippen LogP contribution in [0, 0.1) is 5.92 Å². The highest BCUT2D eigenvalue weighted by Crippen LogP contribution is 2.26. The summed E-state index contributed by atoms with van der Waals surface area (Å²) in [6.07, 6.45) is 4.36. The zero-order chi connectivity index (χ0) is 19.2. The standard InChI is InChI=1S/C19H26N2O5/c1-13-9-5-6-11-15(13)24-18(23)26-21-16(14-10-7-8-12-20-14)17(22)25-19(2,3)4/h7-8,10,12-13,15H,5-6,9,11H2,1-4H3/b21-16+/t13-,15-/m1/s1. The summed E-state index contributed by atoms with van der Waals surface area (Å²) in [5.41, 5.74) is -0.653. The van der Waals surface area contributed by atoms with Gasteiger partial charge in [-0.2, -0.15) is 0 Å². The number of pyridine rings is 1. The van der Waals surface area contributed by atoms with Gasteiger partial charge < -0.3 is 9.47 Å². The van der Waals surface area contributed by atoms with Crippen LogP contribution in [0.2, 0.25) is 0 Å². The van der Waals surface area contributed by atoms with Crippen molar-refractivity contribution in [2.24, 2.45) is 11.1 Å². The van der Waals surface area contributed by atoms with Crippen LogP contribution in [-0.2, 0) is 19.1 Å². The highest BCUT2D eigenvalue weighted by molar-refractivity contribution is 6.42. The average Bonchev–Trinajstić information content (AvgIpc) is 2.56. The predicted molar refractivity (Wildman–Crippen MR) is 95.6 cm³/mol. The Balaban J connectivity index is 2.09. The van der Waals surface area contributed by atoms with Gasteiger partial charge in [-0.15, -0.1) is 0 Å². The molecule has 1 saturated carbocycles. The molecule has 1 aliphatic rings. The van der Waals surface area contributed by atoms with Crippen LogP contribution in [0.1, 0.15) is 59.1 Å². The van der Waals surface area contributed by atoms with E-state index in [9.17, 15) is 9.59 Å². The van der Waals surface area contributed by atoms with Crippen LogP contribution in [0.5, 0.6) is 0 Å². The third-order valence-electron chi connectivity index (χ3n) is 3.99. The van der Waals surface area contributed by atoms with Crippen LogP contribution in [-0.4, -0.2) is 34.5 Å². The second-order valence-corrected chi connectivity index (χ2v) is 7.42. The van der Waals surface area contributed by atoms with Crippen LogP contribution < -0.4 is 0 Å². The number of esters is 1. The van der Waals surface area contributed by atoms with E-state index >= 15 is 0 Å². The van der Waals surface area contributed by atoms with E-state index in [-0.39, 0.29) is 23.4 Å². The molecule has 1 aromatic rings. The van der Waals surface area contributed by atoms with Gasteiger partial charge in [-0.3, -0.25) is 9.82 Å². The molecule has 0 spiro atoms. The molecule has 0 unspecified atom stereocenters. The summed E-state index contributed by atoms with van der Waals surface area (Å²) < 4.78 is 10.6. The lowest BCUT2D eigenvalue weighted by Gasteiger charge is -2.27. The Morgan fingerprint density at radius 3 is 2.54 bits per heavy atom. The van der Waals surface area contributed by atoms with Crippen molar-refractivity contribution in [1.29, 1.82) is 0 Å². The first-order valence-corrected chi connectivity index (χ1v) is 8.86. The van der Waals surface area contributed by atoms with Crippen molar-refractivity contribution in [2.45, 2.75) is 65.1 Å². The van der Waals surface area contributed by atoms with E-state index in [0.717, 1.165) is 25.7 Å². The number of rotatable bonds is 4. The van der Waals surface area contributed by atoms with E-state index < -0.39 is 17.7 Å². The summed E-state index contributed by atoms with van der Waals surface area (Å²) in [6.45, 7) is 7.25. The molecule has 0 aliphatic heterocycles. The summed E-state index contributed by atoms with van der Waals surface area (Å²) in [7, 11) is 0. The topological polar surface area (TPSA) is 87.1 Å². The summed E-state index contributed by atoms with van der Waals surface area (Å²) in [5, 5.41) is 3.67. The maximum Gasteiger partial charge on any atom is 0.535 e. The lowest BCUT2D eigenvalue weighted by atomic mass is 9.88. The third-order valence-corrected chi connectivity index (χ3v) is 3.99. The second-order valence-electron chi connectivity index (χ2n) is 7.42. The number of carbonyl (C=O) groups is 2. The van der Waals surface area contributed by atoms with Crippen molar-refractivity contribution in [2.75, 3.05) is 0 Å². The fourth-order valence-corrected chi connectivity index (χ4v) is 2.70. The minimum absolute atomic E-state index is 0.186. The van der Waals surface area contributed by atoms with Gasteiger partial charge in [0.15, 0.2) is 0 Å². The predicted octanol–water partition coefficient (Wildman–Crippen LogP) is 3.86. The molecule has 1 aliphatic carbocycles. The van der Waals surface area contributed by atoms with E-state index in [1.807, 2.05) is 6.92 Å². The molecule has 0 amide bonds. The Labute approximate surface area is 153 Å². The van der Waals surface area contributed by atoms with E-state index in [4.69, 9.17) is 14.3 Å². The summed E-state index contributed by atoms with van der Waals surface area (Å²) in [5.74, 6) is -0.448. The molecule has 7 heteroatoms. The maximum atomic E-state index is 12.4. The first-order chi connectivity index (χ1) is 12.3. The molecule has 7 nitrogen and oxygen atoms in total. The molecule has 2 atom stereocenters. The summed E-state index contributed by atoms with van der Waals surface area (Å²) in [6, 6.07) is 4.99. The highest BCUT2D eigenvalue weighted by atomic mass is 16.8. The van der Waals surface area contributed by atoms with Gasteiger partial charge in [0.05, 0.1) is 5.69 Å². The molecule has 26 heavy (non-hydrogen) atoms. The Hall–Kier alpha value is -2.44. The maximum absolute atomic E-state index is 12.4. The Morgan fingerprint density at radius 1 is 1.19 bits per heavy atom. The van der Waals surface area contributed by atoms with Gasteiger partial charge in [0.2, 0.25) is 5.71 Å². The van der Waals surface area contributed by atoms with Crippen LogP contribution in [0.4, 0.5) is 4.79 Å². The zero-order valence-corrected chi connectivity index (χ0v) is 15.7. The van der Waals surface area contributed by atoms with Gasteiger partial charge in [-0.25, -0.2) is 9.59 Å². The number of hydrogen-bond donors (Lipinski definition) is 0. The molecule has 1 aromatic heterocycles. The van der Waals surface area contributed by atoms with Gasteiger partial charge in [0.25, 0.3) is 0 Å². The van der Waals surface area contributed by atoms with Crippen molar-refractivity contribution in [3.8, 4) is 0 Å². The van der Waals surface area contributed by atoms with E-state index in [2.05, 4.69) is 10.1 Å². The van der Waals surface area contributed by atoms with Crippen LogP contribution in [0.15, 0.2) is 29.6 Å². The fraction of sp³-hybridized carbons (Fsp3) is 0.579. The lowest BCUT2D eigenvalue weighted by Crippen LogP contribution is -2.31. The molecule has 0 saturated heterocycles. The Morgan fingerprint density at radius 2 is 1.92 bits per heavy atom. The molecule has 0 aromatic carbocycles. The molecule has 1 heterocycles. The van der Waals surface area contributed by atoms with Gasteiger partial charge in [0.1, 0.15) is 11.7 Å². The van der Waals surface area contributed by atoms with Gasteiger partial charge >= 0.3 is 12.1 Å². The number of oxime groups is 1. The zero-order valence-electron chi connectivity index (χ0n) is 15.7. The van der Waals surface area contributed by atoms with Crippen molar-refractivity contribution >= 4 is 17.8 Å². The molecule has 142 valence electrons. The SMILES string of the molecule is C[C@@H]1CCCC[C@H]1OC(=O)O/N=C(/C(=O)OC(C)(C)C)c1ccccn1. The second kappa shape index (κ2) is 8.78. The molecule has 2 rings (SSSR count). The van der Waals surface area contributed by atoms with Crippen molar-refractivity contribution < 1.29 is 23.9 Å². The minimum Gasteiger partial charge on any atom is -0.455 e. The van der Waals surface area contributed by atoms with E-state index in [1.54, 1.807) is 39.0 Å². The lowest BCUT2D eigenvalue weighted by molar-refractivity contribution is -0.146. The minimum atomic E-state index is -0.930. The van der Waals surface area contributed by atoms with E-state index in [1.165, 1.54) is 6.20 Å². The monoisotopic (exact) mass is 362 g/mol. The largest absolute Gasteiger partial charge is 0.535 e. The summed E-state index contributed by atoms with van der Waals surface area (Å²) in [4.78, 5) is 33.3. The normalized spacial score (nSPS) is 21.0. The number of carbonyl (C=O) groups excluding carboxylic acids is 2. The van der Waals surface area contributed by atoms with Crippen LogP contribution >= 0.6 is 0 Å². The van der Waals surface area contributed by atoms with Crippen molar-refractivity contribution in [3.63, 3.8) is 0 Å². The third kappa shape index (κ3) is 6.13. The molecule has 0 N–H and O–H groups in total. The molecular weight excluding hydrogens is 336 g/mol. The Kier molecular flexibility index (Phi) is 6.71. The van der Waals surface area contributed by atoms with Crippen molar-refractivity contribution in [1.82, 2.24) is 4.98 Å². The summed E-state index contributed by atoms with van der Waals surface area (Å²) >= 11 is 0. The molecule has 0 radical (unpaired) electrons. The first-order valence-electron chi connectivity index (χ1n) is 8.86. The molecule has 0 bridgehead atoms. The molecule has 1 fully saturated rings. The highest BCUT2D eigenvalue weighted by Gasteiger charge is 2.27. The van der Waals surface area contributed by atoms with Gasteiger partial charge in [-0.1, -0.05) is 24.6 Å².